The molecule has 2 aromatic rings. The van der Waals surface area contributed by atoms with Gasteiger partial charge in [-0.2, -0.15) is 0 Å². The first kappa shape index (κ1) is 21.5. The minimum Gasteiger partial charge on any atom is -0.497 e. The smallest absolute Gasteiger partial charge is 0.339 e. The lowest BCUT2D eigenvalue weighted by atomic mass is 9.89. The molecule has 4 rings (SSSR count). The number of carbonyl (C=O) groups excluding carboxylic acids is 4. The van der Waals surface area contributed by atoms with Gasteiger partial charge in [0.15, 0.2) is 0 Å². The van der Waals surface area contributed by atoms with Crippen molar-refractivity contribution in [2.75, 3.05) is 18.6 Å². The van der Waals surface area contributed by atoms with Gasteiger partial charge in [0.1, 0.15) is 12.3 Å². The number of anilines is 1. The molecule has 0 spiro atoms. The van der Waals surface area contributed by atoms with E-state index in [0.717, 1.165) is 29.7 Å². The third-order valence-electron chi connectivity index (χ3n) is 5.94. The number of carbonyl (C=O) groups is 4. The molecule has 166 valence electrons. The summed E-state index contributed by atoms with van der Waals surface area (Å²) in [5.41, 5.74) is 3.86. The number of urea groups is 1. The Hall–Kier alpha value is -3.68. The predicted molar refractivity (Wildman–Crippen MR) is 117 cm³/mol. The molecule has 8 nitrogen and oxygen atoms in total. The number of amides is 5. The first-order chi connectivity index (χ1) is 15.4. The zero-order chi connectivity index (χ0) is 22.8. The summed E-state index contributed by atoms with van der Waals surface area (Å²) in [6.07, 6.45) is 4.47. The molecule has 1 saturated heterocycles. The van der Waals surface area contributed by atoms with Crippen molar-refractivity contribution in [2.45, 2.75) is 38.6 Å². The van der Waals surface area contributed by atoms with Gasteiger partial charge in [-0.3, -0.25) is 14.4 Å². The van der Waals surface area contributed by atoms with Gasteiger partial charge in [-0.05, 0) is 73.6 Å². The SMILES string of the molecule is COc1ccc(N2C(=O)C(=O)N(CC(=O)NC(C)c3ccc4c(c3)CCCC4)C2=O)cc1. The number of imide groups is 2. The summed E-state index contributed by atoms with van der Waals surface area (Å²) < 4.78 is 5.07. The monoisotopic (exact) mass is 435 g/mol. The van der Waals surface area contributed by atoms with Gasteiger partial charge in [0.05, 0.1) is 18.8 Å². The van der Waals surface area contributed by atoms with Crippen molar-refractivity contribution in [1.82, 2.24) is 10.2 Å². The number of hydrogen-bond acceptors (Lipinski definition) is 5. The Morgan fingerprint density at radius 1 is 1.00 bits per heavy atom. The Balaban J connectivity index is 1.42. The maximum absolute atomic E-state index is 12.7. The van der Waals surface area contributed by atoms with Crippen LogP contribution in [0.3, 0.4) is 0 Å². The van der Waals surface area contributed by atoms with Crippen LogP contribution >= 0.6 is 0 Å². The molecule has 2 aliphatic rings. The summed E-state index contributed by atoms with van der Waals surface area (Å²) in [5.74, 6) is -1.98. The molecule has 0 bridgehead atoms. The van der Waals surface area contributed by atoms with E-state index in [2.05, 4.69) is 17.4 Å². The first-order valence-electron chi connectivity index (χ1n) is 10.6. The molecular formula is C24H25N3O5. The molecule has 0 saturated carbocycles. The zero-order valence-electron chi connectivity index (χ0n) is 18.1. The van der Waals surface area contributed by atoms with Crippen LogP contribution in [0.2, 0.25) is 0 Å². The topological polar surface area (TPSA) is 96.0 Å². The molecule has 1 atom stereocenters. The highest BCUT2D eigenvalue weighted by Gasteiger charge is 2.46. The maximum atomic E-state index is 12.7. The van der Waals surface area contributed by atoms with Gasteiger partial charge in [0.25, 0.3) is 0 Å². The van der Waals surface area contributed by atoms with Crippen LogP contribution in [0.15, 0.2) is 42.5 Å². The van der Waals surface area contributed by atoms with Crippen LogP contribution in [-0.4, -0.2) is 42.3 Å². The van der Waals surface area contributed by atoms with Crippen molar-refractivity contribution in [3.63, 3.8) is 0 Å². The number of nitrogens with one attached hydrogen (secondary N) is 1. The van der Waals surface area contributed by atoms with E-state index >= 15 is 0 Å². The van der Waals surface area contributed by atoms with Gasteiger partial charge in [-0.15, -0.1) is 0 Å². The number of nitrogens with zero attached hydrogens (tertiary/aromatic N) is 2. The molecule has 1 aliphatic carbocycles. The normalized spacial score (nSPS) is 16.8. The second-order valence-corrected chi connectivity index (χ2v) is 8.04. The lowest BCUT2D eigenvalue weighted by molar-refractivity contribution is -0.140. The zero-order valence-corrected chi connectivity index (χ0v) is 18.1. The first-order valence-corrected chi connectivity index (χ1v) is 10.6. The van der Waals surface area contributed by atoms with E-state index in [1.54, 1.807) is 12.1 Å². The Morgan fingerprint density at radius 3 is 2.38 bits per heavy atom. The maximum Gasteiger partial charge on any atom is 0.339 e. The van der Waals surface area contributed by atoms with Gasteiger partial charge in [-0.25, -0.2) is 14.6 Å². The van der Waals surface area contributed by atoms with Crippen molar-refractivity contribution in [3.05, 3.63) is 59.2 Å². The summed E-state index contributed by atoms with van der Waals surface area (Å²) in [4.78, 5) is 51.5. The lowest BCUT2D eigenvalue weighted by Gasteiger charge is -2.21. The third-order valence-corrected chi connectivity index (χ3v) is 5.94. The molecule has 1 unspecified atom stereocenters. The number of rotatable bonds is 6. The lowest BCUT2D eigenvalue weighted by Crippen LogP contribution is -2.42. The van der Waals surface area contributed by atoms with Crippen molar-refractivity contribution < 1.29 is 23.9 Å². The molecule has 1 aliphatic heterocycles. The van der Waals surface area contributed by atoms with Gasteiger partial charge < -0.3 is 10.1 Å². The minimum absolute atomic E-state index is 0.236. The van der Waals surface area contributed by atoms with E-state index in [9.17, 15) is 19.2 Å². The molecule has 1 N–H and O–H groups in total. The number of methoxy groups -OCH3 is 1. The van der Waals surface area contributed by atoms with E-state index in [4.69, 9.17) is 4.74 Å². The summed E-state index contributed by atoms with van der Waals surface area (Å²) in [6, 6.07) is 11.2. The molecular weight excluding hydrogens is 410 g/mol. The quantitative estimate of drug-likeness (QED) is 0.556. The molecule has 1 heterocycles. The highest BCUT2D eigenvalue weighted by Crippen LogP contribution is 2.26. The van der Waals surface area contributed by atoms with Gasteiger partial charge >= 0.3 is 17.8 Å². The Kier molecular flexibility index (Phi) is 5.94. The molecule has 2 aromatic carbocycles. The van der Waals surface area contributed by atoms with E-state index in [1.807, 2.05) is 13.0 Å². The van der Waals surface area contributed by atoms with E-state index < -0.39 is 30.3 Å². The van der Waals surface area contributed by atoms with Crippen molar-refractivity contribution in [3.8, 4) is 5.75 Å². The summed E-state index contributed by atoms with van der Waals surface area (Å²) in [6.45, 7) is 1.33. The number of benzene rings is 2. The average molecular weight is 435 g/mol. The Labute approximate surface area is 186 Å². The van der Waals surface area contributed by atoms with Crippen LogP contribution in [0.5, 0.6) is 5.75 Å². The number of fused-ring (bicyclic) bond motifs is 1. The Morgan fingerprint density at radius 2 is 1.69 bits per heavy atom. The largest absolute Gasteiger partial charge is 0.497 e. The van der Waals surface area contributed by atoms with Crippen molar-refractivity contribution in [1.29, 1.82) is 0 Å². The standard InChI is InChI=1S/C24H25N3O5/c1-15(17-8-7-16-5-3-4-6-18(16)13-17)25-21(28)14-26-22(29)23(30)27(24(26)31)19-9-11-20(32-2)12-10-19/h7-13,15H,3-6,14H2,1-2H3,(H,25,28). The average Bonchev–Trinajstić information content (AvgIpc) is 3.01. The Bertz CT molecular complexity index is 1080. The van der Waals surface area contributed by atoms with E-state index in [-0.39, 0.29) is 11.7 Å². The van der Waals surface area contributed by atoms with Gasteiger partial charge in [0, 0.05) is 0 Å². The molecule has 0 radical (unpaired) electrons. The van der Waals surface area contributed by atoms with E-state index in [0.29, 0.717) is 10.6 Å². The van der Waals surface area contributed by atoms with Crippen molar-refractivity contribution >= 4 is 29.4 Å². The van der Waals surface area contributed by atoms with Crippen LogP contribution in [0.1, 0.15) is 42.5 Å². The highest BCUT2D eigenvalue weighted by atomic mass is 16.5. The van der Waals surface area contributed by atoms with Crippen LogP contribution in [0.25, 0.3) is 0 Å². The summed E-state index contributed by atoms with van der Waals surface area (Å²) in [5, 5.41) is 2.82. The molecule has 5 amide bonds. The summed E-state index contributed by atoms with van der Waals surface area (Å²) >= 11 is 0. The molecule has 8 heteroatoms. The number of aryl methyl sites for hydroxylation is 2. The van der Waals surface area contributed by atoms with Crippen LogP contribution in [-0.2, 0) is 27.2 Å². The fourth-order valence-corrected chi connectivity index (χ4v) is 4.14. The predicted octanol–water partition coefficient (Wildman–Crippen LogP) is 2.75. The van der Waals surface area contributed by atoms with Crippen LogP contribution < -0.4 is 15.0 Å². The second kappa shape index (κ2) is 8.82. The number of hydrogen-bond donors (Lipinski definition) is 1. The minimum atomic E-state index is -1.03. The molecule has 1 fully saturated rings. The third kappa shape index (κ3) is 4.08. The molecule has 32 heavy (non-hydrogen) atoms. The highest BCUT2D eigenvalue weighted by molar-refractivity contribution is 6.53. The summed E-state index contributed by atoms with van der Waals surface area (Å²) in [7, 11) is 1.50. The van der Waals surface area contributed by atoms with Crippen LogP contribution in [0.4, 0.5) is 10.5 Å². The second-order valence-electron chi connectivity index (χ2n) is 8.04. The van der Waals surface area contributed by atoms with Crippen molar-refractivity contribution in [2.24, 2.45) is 0 Å². The number of ether oxygens (including phenoxy) is 1. The fraction of sp³-hybridized carbons (Fsp3) is 0.333. The molecule has 0 aromatic heterocycles. The van der Waals surface area contributed by atoms with E-state index in [1.165, 1.54) is 36.8 Å². The van der Waals surface area contributed by atoms with Gasteiger partial charge in [0.2, 0.25) is 5.91 Å². The van der Waals surface area contributed by atoms with Gasteiger partial charge in [-0.1, -0.05) is 18.2 Å². The van der Waals surface area contributed by atoms with Crippen LogP contribution in [0, 0.1) is 0 Å². The fourth-order valence-electron chi connectivity index (χ4n) is 4.14.